The molecule has 0 aromatic heterocycles. The lowest BCUT2D eigenvalue weighted by Gasteiger charge is -2.06. The first-order valence-corrected chi connectivity index (χ1v) is 5.50. The van der Waals surface area contributed by atoms with Gasteiger partial charge in [0.25, 0.3) is 10.1 Å². The van der Waals surface area contributed by atoms with Crippen LogP contribution in [0.2, 0.25) is 0 Å². The summed E-state index contributed by atoms with van der Waals surface area (Å²) in [5.74, 6) is 0. The van der Waals surface area contributed by atoms with Gasteiger partial charge in [0.05, 0.1) is 4.90 Å². The molecule has 1 N–H and O–H groups in total. The van der Waals surface area contributed by atoms with Crippen LogP contribution in [0.1, 0.15) is 18.1 Å². The first-order valence-electron chi connectivity index (χ1n) is 4.06. The lowest BCUT2D eigenvalue weighted by molar-refractivity contribution is 0.483. The van der Waals surface area contributed by atoms with Crippen molar-refractivity contribution >= 4 is 15.7 Å². The van der Waals surface area contributed by atoms with Crippen molar-refractivity contribution in [1.82, 2.24) is 0 Å². The van der Waals surface area contributed by atoms with Crippen LogP contribution in [0.25, 0.3) is 5.57 Å². The average Bonchev–Trinajstić information content (AvgIpc) is 2.02. The Hall–Kier alpha value is -1.13. The minimum atomic E-state index is -4.12. The van der Waals surface area contributed by atoms with E-state index in [9.17, 15) is 8.42 Å². The topological polar surface area (TPSA) is 54.4 Å². The zero-order valence-electron chi connectivity index (χ0n) is 8.11. The fourth-order valence-corrected chi connectivity index (χ4v) is 1.73. The SMILES string of the molecule is C=C(C)c1cc(S(=O)(=O)O)ccc1C. The Morgan fingerprint density at radius 2 is 2.00 bits per heavy atom. The lowest BCUT2D eigenvalue weighted by atomic mass is 10.0. The summed E-state index contributed by atoms with van der Waals surface area (Å²) in [5, 5.41) is 0. The van der Waals surface area contributed by atoms with Crippen molar-refractivity contribution in [2.24, 2.45) is 0 Å². The third-order valence-electron chi connectivity index (χ3n) is 1.97. The second-order valence-corrected chi connectivity index (χ2v) is 4.65. The van der Waals surface area contributed by atoms with Crippen molar-refractivity contribution in [3.05, 3.63) is 35.9 Å². The van der Waals surface area contributed by atoms with Crippen LogP contribution >= 0.6 is 0 Å². The van der Waals surface area contributed by atoms with E-state index in [0.29, 0.717) is 0 Å². The molecule has 76 valence electrons. The van der Waals surface area contributed by atoms with Gasteiger partial charge in [-0.25, -0.2) is 0 Å². The summed E-state index contributed by atoms with van der Waals surface area (Å²) < 4.78 is 30.5. The molecule has 0 unspecified atom stereocenters. The quantitative estimate of drug-likeness (QED) is 0.765. The minimum Gasteiger partial charge on any atom is -0.282 e. The number of aryl methyl sites for hydroxylation is 1. The molecule has 0 saturated carbocycles. The molecule has 3 nitrogen and oxygen atoms in total. The number of hydrogen-bond donors (Lipinski definition) is 1. The Labute approximate surface area is 83.8 Å². The van der Waals surface area contributed by atoms with Crippen molar-refractivity contribution in [1.29, 1.82) is 0 Å². The van der Waals surface area contributed by atoms with Crippen molar-refractivity contribution in [3.63, 3.8) is 0 Å². The molecular formula is C10H12O3S. The summed E-state index contributed by atoms with van der Waals surface area (Å²) in [5.41, 5.74) is 2.46. The van der Waals surface area contributed by atoms with E-state index >= 15 is 0 Å². The van der Waals surface area contributed by atoms with Gasteiger partial charge < -0.3 is 0 Å². The fraction of sp³-hybridized carbons (Fsp3) is 0.200. The molecular weight excluding hydrogens is 200 g/mol. The van der Waals surface area contributed by atoms with E-state index < -0.39 is 10.1 Å². The lowest BCUT2D eigenvalue weighted by Crippen LogP contribution is -1.99. The number of hydrogen-bond acceptors (Lipinski definition) is 2. The van der Waals surface area contributed by atoms with Crippen molar-refractivity contribution in [2.45, 2.75) is 18.7 Å². The van der Waals surface area contributed by atoms with Gasteiger partial charge in [-0.05, 0) is 37.1 Å². The Morgan fingerprint density at radius 1 is 1.43 bits per heavy atom. The maximum absolute atomic E-state index is 10.8. The molecule has 0 atom stereocenters. The van der Waals surface area contributed by atoms with Crippen LogP contribution in [0, 0.1) is 6.92 Å². The van der Waals surface area contributed by atoms with E-state index in [4.69, 9.17) is 4.55 Å². The summed E-state index contributed by atoms with van der Waals surface area (Å²) in [6.07, 6.45) is 0. The normalized spacial score (nSPS) is 11.4. The van der Waals surface area contributed by atoms with Gasteiger partial charge in [0, 0.05) is 0 Å². The van der Waals surface area contributed by atoms with E-state index in [1.807, 2.05) is 6.92 Å². The molecule has 1 aromatic rings. The Balaban J connectivity index is 3.42. The van der Waals surface area contributed by atoms with E-state index in [0.717, 1.165) is 16.7 Å². The second-order valence-electron chi connectivity index (χ2n) is 3.23. The van der Waals surface area contributed by atoms with Gasteiger partial charge in [-0.3, -0.25) is 4.55 Å². The molecule has 0 spiro atoms. The number of rotatable bonds is 2. The highest BCUT2D eigenvalue weighted by molar-refractivity contribution is 7.85. The first-order chi connectivity index (χ1) is 6.32. The van der Waals surface area contributed by atoms with Crippen LogP contribution in [0.5, 0.6) is 0 Å². The second kappa shape index (κ2) is 3.55. The molecule has 0 heterocycles. The minimum absolute atomic E-state index is 0.0962. The molecule has 0 aliphatic carbocycles. The van der Waals surface area contributed by atoms with E-state index in [1.54, 1.807) is 13.0 Å². The fourth-order valence-electron chi connectivity index (χ4n) is 1.22. The summed E-state index contributed by atoms with van der Waals surface area (Å²) in [6, 6.07) is 4.44. The van der Waals surface area contributed by atoms with E-state index in [1.165, 1.54) is 12.1 Å². The molecule has 0 fully saturated rings. The molecule has 0 amide bonds. The molecule has 1 aromatic carbocycles. The van der Waals surface area contributed by atoms with Crippen LogP contribution in [0.15, 0.2) is 29.7 Å². The van der Waals surface area contributed by atoms with Gasteiger partial charge in [-0.15, -0.1) is 0 Å². The molecule has 1 rings (SSSR count). The van der Waals surface area contributed by atoms with Crippen molar-refractivity contribution in [3.8, 4) is 0 Å². The predicted molar refractivity (Wildman–Crippen MR) is 55.7 cm³/mol. The molecule has 0 aliphatic rings. The van der Waals surface area contributed by atoms with E-state index in [2.05, 4.69) is 6.58 Å². The Kier molecular flexibility index (Phi) is 2.78. The first kappa shape index (κ1) is 10.9. The molecule has 0 radical (unpaired) electrons. The number of benzene rings is 1. The van der Waals surface area contributed by atoms with Crippen LogP contribution in [0.3, 0.4) is 0 Å². The van der Waals surface area contributed by atoms with Gasteiger partial charge in [-0.2, -0.15) is 8.42 Å². The highest BCUT2D eigenvalue weighted by atomic mass is 32.2. The standard InChI is InChI=1S/C10H12O3S/c1-7(2)10-6-9(14(11,12)13)5-4-8(10)3/h4-6H,1H2,2-3H3,(H,11,12,13). The Bertz CT molecular complexity index is 472. The molecule has 0 aliphatic heterocycles. The third kappa shape index (κ3) is 2.21. The largest absolute Gasteiger partial charge is 0.294 e. The molecule has 14 heavy (non-hydrogen) atoms. The molecule has 4 heteroatoms. The summed E-state index contributed by atoms with van der Waals surface area (Å²) >= 11 is 0. The zero-order chi connectivity index (χ0) is 10.9. The summed E-state index contributed by atoms with van der Waals surface area (Å²) in [4.78, 5) is -0.0962. The summed E-state index contributed by atoms with van der Waals surface area (Å²) in [7, 11) is -4.12. The highest BCUT2D eigenvalue weighted by Crippen LogP contribution is 2.20. The van der Waals surface area contributed by atoms with E-state index in [-0.39, 0.29) is 4.90 Å². The highest BCUT2D eigenvalue weighted by Gasteiger charge is 2.11. The van der Waals surface area contributed by atoms with Crippen LogP contribution < -0.4 is 0 Å². The smallest absolute Gasteiger partial charge is 0.282 e. The zero-order valence-corrected chi connectivity index (χ0v) is 8.93. The summed E-state index contributed by atoms with van der Waals surface area (Å²) in [6.45, 7) is 7.38. The van der Waals surface area contributed by atoms with Gasteiger partial charge >= 0.3 is 0 Å². The van der Waals surface area contributed by atoms with Crippen molar-refractivity contribution < 1.29 is 13.0 Å². The van der Waals surface area contributed by atoms with Crippen molar-refractivity contribution in [2.75, 3.05) is 0 Å². The molecule has 0 saturated heterocycles. The van der Waals surface area contributed by atoms with Gasteiger partial charge in [0.2, 0.25) is 0 Å². The number of allylic oxidation sites excluding steroid dienone is 1. The third-order valence-corrected chi connectivity index (χ3v) is 2.82. The van der Waals surface area contributed by atoms with Crippen LogP contribution in [-0.2, 0) is 10.1 Å². The Morgan fingerprint density at radius 3 is 2.43 bits per heavy atom. The maximum Gasteiger partial charge on any atom is 0.294 e. The van der Waals surface area contributed by atoms with Gasteiger partial charge in [-0.1, -0.05) is 18.2 Å². The van der Waals surface area contributed by atoms with Gasteiger partial charge in [0.15, 0.2) is 0 Å². The monoisotopic (exact) mass is 212 g/mol. The van der Waals surface area contributed by atoms with Crippen LogP contribution in [0.4, 0.5) is 0 Å². The molecule has 0 bridgehead atoms. The predicted octanol–water partition coefficient (Wildman–Crippen LogP) is 2.27. The van der Waals surface area contributed by atoms with Gasteiger partial charge in [0.1, 0.15) is 0 Å². The maximum atomic E-state index is 10.8. The average molecular weight is 212 g/mol. The van der Waals surface area contributed by atoms with Crippen LogP contribution in [-0.4, -0.2) is 13.0 Å².